The van der Waals surface area contributed by atoms with E-state index in [1.165, 1.54) is 0 Å². The van der Waals surface area contributed by atoms with Gasteiger partial charge in [0, 0.05) is 23.5 Å². The van der Waals surface area contributed by atoms with Gasteiger partial charge in [0.1, 0.15) is 5.75 Å². The maximum Gasteiger partial charge on any atom is 0.323 e. The summed E-state index contributed by atoms with van der Waals surface area (Å²) in [6.45, 7) is 4.23. The number of benzene rings is 3. The topological polar surface area (TPSA) is 79.5 Å². The smallest absolute Gasteiger partial charge is 0.323 e. The van der Waals surface area contributed by atoms with Crippen molar-refractivity contribution in [2.24, 2.45) is 0 Å². The highest BCUT2D eigenvalue weighted by Gasteiger charge is 2.09. The number of nitrogens with one attached hydrogen (secondary N) is 3. The summed E-state index contributed by atoms with van der Waals surface area (Å²) in [6.07, 6.45) is 0. The Morgan fingerprint density at radius 3 is 2.27 bits per heavy atom. The summed E-state index contributed by atoms with van der Waals surface area (Å²) in [5.74, 6) is 0.484. The standard InChI is InChI=1S/C24H25N3O3/c1-16-6-4-8-20(12-16)26-24(29)27-21-9-5-7-18(13-21)15-25-23(28)19-11-10-17(2)22(14-19)30-3/h4-14H,15H2,1-3H3,(H,25,28)(H2,26,27,29). The van der Waals surface area contributed by atoms with Crippen LogP contribution in [0.15, 0.2) is 66.7 Å². The SMILES string of the molecule is COc1cc(C(=O)NCc2cccc(NC(=O)Nc3cccc(C)c3)c2)ccc1C. The van der Waals surface area contributed by atoms with Gasteiger partial charge in [0.2, 0.25) is 0 Å². The molecule has 0 saturated carbocycles. The molecule has 154 valence electrons. The molecule has 0 atom stereocenters. The maximum absolute atomic E-state index is 12.4. The fourth-order valence-corrected chi connectivity index (χ4v) is 3.02. The average Bonchev–Trinajstić information content (AvgIpc) is 2.72. The van der Waals surface area contributed by atoms with Crippen LogP contribution in [0.4, 0.5) is 16.2 Å². The highest BCUT2D eigenvalue weighted by atomic mass is 16.5. The van der Waals surface area contributed by atoms with E-state index >= 15 is 0 Å². The molecule has 0 heterocycles. The lowest BCUT2D eigenvalue weighted by atomic mass is 10.1. The first-order valence-electron chi connectivity index (χ1n) is 9.61. The van der Waals surface area contributed by atoms with Gasteiger partial charge in [0.25, 0.3) is 5.91 Å². The predicted octanol–water partition coefficient (Wildman–Crippen LogP) is 4.89. The lowest BCUT2D eigenvalue weighted by Gasteiger charge is -2.11. The first-order chi connectivity index (χ1) is 14.4. The first kappa shape index (κ1) is 20.9. The maximum atomic E-state index is 12.4. The number of carbonyl (C=O) groups is 2. The van der Waals surface area contributed by atoms with E-state index in [1.54, 1.807) is 25.3 Å². The summed E-state index contributed by atoms with van der Waals surface area (Å²) in [6, 6.07) is 19.9. The Hall–Kier alpha value is -3.80. The van der Waals surface area contributed by atoms with E-state index in [0.29, 0.717) is 23.5 Å². The van der Waals surface area contributed by atoms with E-state index in [4.69, 9.17) is 4.74 Å². The fraction of sp³-hybridized carbons (Fsp3) is 0.167. The van der Waals surface area contributed by atoms with Crippen molar-refractivity contribution >= 4 is 23.3 Å². The van der Waals surface area contributed by atoms with Gasteiger partial charge >= 0.3 is 6.03 Å². The van der Waals surface area contributed by atoms with Crippen LogP contribution in [0.3, 0.4) is 0 Å². The number of urea groups is 1. The molecular formula is C24H25N3O3. The zero-order chi connectivity index (χ0) is 21.5. The van der Waals surface area contributed by atoms with Crippen LogP contribution in [0.25, 0.3) is 0 Å². The van der Waals surface area contributed by atoms with E-state index < -0.39 is 0 Å². The molecule has 0 saturated heterocycles. The van der Waals surface area contributed by atoms with E-state index in [1.807, 2.05) is 62.4 Å². The third kappa shape index (κ3) is 5.61. The fourth-order valence-electron chi connectivity index (χ4n) is 3.02. The van der Waals surface area contributed by atoms with Crippen LogP contribution < -0.4 is 20.7 Å². The molecule has 0 radical (unpaired) electrons. The summed E-state index contributed by atoms with van der Waals surface area (Å²) >= 11 is 0. The molecular weight excluding hydrogens is 378 g/mol. The molecule has 6 heteroatoms. The summed E-state index contributed by atoms with van der Waals surface area (Å²) in [7, 11) is 1.58. The minimum atomic E-state index is -0.325. The molecule has 3 aromatic rings. The first-order valence-corrected chi connectivity index (χ1v) is 9.61. The van der Waals surface area contributed by atoms with Gasteiger partial charge in [-0.3, -0.25) is 4.79 Å². The Labute approximate surface area is 176 Å². The number of amides is 3. The highest BCUT2D eigenvalue weighted by molar-refractivity contribution is 5.99. The molecule has 0 aliphatic heterocycles. The van der Waals surface area contributed by atoms with Crippen LogP contribution in [0.2, 0.25) is 0 Å². The number of hydrogen-bond donors (Lipinski definition) is 3. The largest absolute Gasteiger partial charge is 0.496 e. The zero-order valence-electron chi connectivity index (χ0n) is 17.3. The number of rotatable bonds is 6. The molecule has 0 spiro atoms. The molecule has 6 nitrogen and oxygen atoms in total. The number of aryl methyl sites for hydroxylation is 2. The Bertz CT molecular complexity index is 1060. The van der Waals surface area contributed by atoms with Crippen molar-refractivity contribution in [3.63, 3.8) is 0 Å². The lowest BCUT2D eigenvalue weighted by Crippen LogP contribution is -2.23. The van der Waals surface area contributed by atoms with E-state index in [9.17, 15) is 9.59 Å². The normalized spacial score (nSPS) is 10.2. The van der Waals surface area contributed by atoms with Crippen molar-refractivity contribution in [1.82, 2.24) is 5.32 Å². The number of anilines is 2. The van der Waals surface area contributed by atoms with Crippen LogP contribution in [0, 0.1) is 13.8 Å². The molecule has 0 bridgehead atoms. The van der Waals surface area contributed by atoms with Crippen LogP contribution in [-0.2, 0) is 6.54 Å². The van der Waals surface area contributed by atoms with Crippen molar-refractivity contribution in [2.75, 3.05) is 17.7 Å². The Morgan fingerprint density at radius 2 is 1.57 bits per heavy atom. The van der Waals surface area contributed by atoms with Crippen molar-refractivity contribution in [3.05, 3.63) is 89.0 Å². The molecule has 3 aromatic carbocycles. The van der Waals surface area contributed by atoms with Crippen molar-refractivity contribution < 1.29 is 14.3 Å². The van der Waals surface area contributed by atoms with Crippen molar-refractivity contribution in [1.29, 1.82) is 0 Å². The molecule has 3 N–H and O–H groups in total. The second-order valence-electron chi connectivity index (χ2n) is 7.02. The molecule has 3 amide bonds. The second kappa shape index (κ2) is 9.60. The third-order valence-electron chi connectivity index (χ3n) is 4.58. The lowest BCUT2D eigenvalue weighted by molar-refractivity contribution is 0.0950. The minimum Gasteiger partial charge on any atom is -0.496 e. The number of methoxy groups -OCH3 is 1. The van der Waals surface area contributed by atoms with Crippen molar-refractivity contribution in [2.45, 2.75) is 20.4 Å². The van der Waals surface area contributed by atoms with E-state index in [0.717, 1.165) is 22.4 Å². The highest BCUT2D eigenvalue weighted by Crippen LogP contribution is 2.19. The number of carbonyl (C=O) groups excluding carboxylic acids is 2. The molecule has 0 aliphatic rings. The van der Waals surface area contributed by atoms with Gasteiger partial charge in [0.15, 0.2) is 0 Å². The Morgan fingerprint density at radius 1 is 0.867 bits per heavy atom. The van der Waals surface area contributed by atoms with Crippen LogP contribution >= 0.6 is 0 Å². The molecule has 0 aliphatic carbocycles. The van der Waals surface area contributed by atoms with Crippen molar-refractivity contribution in [3.8, 4) is 5.75 Å². The summed E-state index contributed by atoms with van der Waals surface area (Å²) in [5.41, 5.74) is 4.81. The Balaban J connectivity index is 1.58. The summed E-state index contributed by atoms with van der Waals surface area (Å²) in [5, 5.41) is 8.51. The van der Waals surface area contributed by atoms with E-state index in [-0.39, 0.29) is 11.9 Å². The number of ether oxygens (including phenoxy) is 1. The van der Waals surface area contributed by atoms with Crippen LogP contribution in [-0.4, -0.2) is 19.0 Å². The molecule has 0 unspecified atom stereocenters. The molecule has 30 heavy (non-hydrogen) atoms. The Kier molecular flexibility index (Phi) is 6.70. The minimum absolute atomic E-state index is 0.191. The van der Waals surface area contributed by atoms with Gasteiger partial charge in [-0.2, -0.15) is 0 Å². The van der Waals surface area contributed by atoms with Gasteiger partial charge < -0.3 is 20.7 Å². The summed E-state index contributed by atoms with van der Waals surface area (Å²) in [4.78, 5) is 24.7. The van der Waals surface area contributed by atoms with Gasteiger partial charge in [-0.15, -0.1) is 0 Å². The molecule has 0 aromatic heterocycles. The number of hydrogen-bond acceptors (Lipinski definition) is 3. The predicted molar refractivity (Wildman–Crippen MR) is 119 cm³/mol. The quantitative estimate of drug-likeness (QED) is 0.548. The second-order valence-corrected chi connectivity index (χ2v) is 7.02. The van der Waals surface area contributed by atoms with Gasteiger partial charge in [-0.1, -0.05) is 30.3 Å². The molecule has 0 fully saturated rings. The average molecular weight is 403 g/mol. The molecule has 3 rings (SSSR count). The van der Waals surface area contributed by atoms with Gasteiger partial charge in [-0.25, -0.2) is 4.79 Å². The van der Waals surface area contributed by atoms with Crippen LogP contribution in [0.5, 0.6) is 5.75 Å². The van der Waals surface area contributed by atoms with E-state index in [2.05, 4.69) is 16.0 Å². The monoisotopic (exact) mass is 403 g/mol. The van der Waals surface area contributed by atoms with Gasteiger partial charge in [-0.05, 0) is 66.9 Å². The van der Waals surface area contributed by atoms with Crippen LogP contribution in [0.1, 0.15) is 27.0 Å². The summed E-state index contributed by atoms with van der Waals surface area (Å²) < 4.78 is 5.27. The zero-order valence-corrected chi connectivity index (χ0v) is 17.3. The van der Waals surface area contributed by atoms with Gasteiger partial charge in [0.05, 0.1) is 7.11 Å². The third-order valence-corrected chi connectivity index (χ3v) is 4.58.